The van der Waals surface area contributed by atoms with E-state index in [0.717, 1.165) is 17.8 Å². The molecule has 0 aliphatic carbocycles. The summed E-state index contributed by atoms with van der Waals surface area (Å²) in [5, 5.41) is 0. The highest BCUT2D eigenvalue weighted by Gasteiger charge is 2.16. The second-order valence-corrected chi connectivity index (χ2v) is 5.04. The monoisotopic (exact) mass is 286 g/mol. The highest BCUT2D eigenvalue weighted by Crippen LogP contribution is 2.26. The minimum Gasteiger partial charge on any atom is -0.367 e. The van der Waals surface area contributed by atoms with Crippen LogP contribution in [0.4, 0.5) is 10.1 Å². The first-order valence-corrected chi connectivity index (χ1v) is 6.97. The molecule has 0 spiro atoms. The van der Waals surface area contributed by atoms with Gasteiger partial charge in [-0.2, -0.15) is 0 Å². The van der Waals surface area contributed by atoms with E-state index in [1.54, 1.807) is 25.4 Å². The van der Waals surface area contributed by atoms with E-state index >= 15 is 0 Å². The quantitative estimate of drug-likeness (QED) is 0.785. The Morgan fingerprint density at radius 1 is 1.29 bits per heavy atom. The van der Waals surface area contributed by atoms with Crippen LogP contribution in [0.25, 0.3) is 0 Å². The highest BCUT2D eigenvalue weighted by molar-refractivity contribution is 5.99. The zero-order valence-corrected chi connectivity index (χ0v) is 12.6. The third-order valence-electron chi connectivity index (χ3n) is 3.50. The van der Waals surface area contributed by atoms with Gasteiger partial charge in [-0.25, -0.2) is 4.39 Å². The smallest absolute Gasteiger partial charge is 0.161 e. The lowest BCUT2D eigenvalue weighted by Gasteiger charge is -2.26. The molecule has 0 amide bonds. The third-order valence-corrected chi connectivity index (χ3v) is 3.50. The van der Waals surface area contributed by atoms with Gasteiger partial charge in [0.15, 0.2) is 5.78 Å². The Balaban J connectivity index is 2.42. The van der Waals surface area contributed by atoms with Crippen LogP contribution in [0.5, 0.6) is 0 Å². The summed E-state index contributed by atoms with van der Waals surface area (Å²) in [6.45, 7) is 6.58. The molecule has 0 aliphatic rings. The average Bonchev–Trinajstić information content (AvgIpc) is 2.48. The molecular weight excluding hydrogens is 267 g/mol. The second-order valence-electron chi connectivity index (χ2n) is 5.04. The molecule has 0 saturated heterocycles. The van der Waals surface area contributed by atoms with Gasteiger partial charge in [0.2, 0.25) is 0 Å². The zero-order chi connectivity index (χ0) is 15.4. The normalized spacial score (nSPS) is 10.5. The van der Waals surface area contributed by atoms with E-state index in [-0.39, 0.29) is 11.6 Å². The number of hydrogen-bond acceptors (Lipinski definition) is 3. The predicted octanol–water partition coefficient (Wildman–Crippen LogP) is 3.76. The fourth-order valence-electron chi connectivity index (χ4n) is 2.29. The summed E-state index contributed by atoms with van der Waals surface area (Å²) < 4.78 is 13.7. The van der Waals surface area contributed by atoms with E-state index < -0.39 is 0 Å². The highest BCUT2D eigenvalue weighted by atomic mass is 19.1. The minimum atomic E-state index is -0.344. The molecule has 110 valence electrons. The van der Waals surface area contributed by atoms with Crippen LogP contribution in [0.15, 0.2) is 36.7 Å². The van der Waals surface area contributed by atoms with Crippen LogP contribution in [-0.4, -0.2) is 17.3 Å². The molecule has 2 rings (SSSR count). The van der Waals surface area contributed by atoms with Crippen molar-refractivity contribution < 1.29 is 9.18 Å². The van der Waals surface area contributed by atoms with Crippen molar-refractivity contribution in [2.75, 3.05) is 11.4 Å². The van der Waals surface area contributed by atoms with E-state index in [0.29, 0.717) is 17.7 Å². The number of rotatable bonds is 5. The van der Waals surface area contributed by atoms with Gasteiger partial charge in [0.05, 0.1) is 0 Å². The van der Waals surface area contributed by atoms with Gasteiger partial charge in [-0.3, -0.25) is 9.78 Å². The predicted molar refractivity (Wildman–Crippen MR) is 82.1 cm³/mol. The van der Waals surface area contributed by atoms with Crippen molar-refractivity contribution in [2.45, 2.75) is 27.3 Å². The first kappa shape index (κ1) is 15.2. The Hall–Kier alpha value is -2.23. The molecule has 0 radical (unpaired) electrons. The lowest BCUT2D eigenvalue weighted by atomic mass is 10.0. The van der Waals surface area contributed by atoms with E-state index in [2.05, 4.69) is 9.88 Å². The molecule has 0 bridgehead atoms. The summed E-state index contributed by atoms with van der Waals surface area (Å²) in [7, 11) is 0. The molecule has 1 aromatic heterocycles. The molecular formula is C17H19FN2O. The Bertz CT molecular complexity index is 641. The van der Waals surface area contributed by atoms with E-state index in [1.165, 1.54) is 13.0 Å². The van der Waals surface area contributed by atoms with Crippen LogP contribution < -0.4 is 4.90 Å². The first-order valence-electron chi connectivity index (χ1n) is 6.97. The summed E-state index contributed by atoms with van der Waals surface area (Å²) in [5.74, 6) is -0.471. The average molecular weight is 286 g/mol. The van der Waals surface area contributed by atoms with Crippen molar-refractivity contribution >= 4 is 11.5 Å². The van der Waals surface area contributed by atoms with Crippen molar-refractivity contribution in [3.05, 3.63) is 59.2 Å². The summed E-state index contributed by atoms with van der Waals surface area (Å²) in [6.07, 6.45) is 3.48. The van der Waals surface area contributed by atoms with Gasteiger partial charge in [-0.05, 0) is 56.2 Å². The summed E-state index contributed by atoms with van der Waals surface area (Å²) in [4.78, 5) is 17.9. The molecule has 3 nitrogen and oxygen atoms in total. The molecule has 0 aliphatic heterocycles. The van der Waals surface area contributed by atoms with E-state index in [1.807, 2.05) is 19.1 Å². The maximum atomic E-state index is 13.7. The van der Waals surface area contributed by atoms with Crippen molar-refractivity contribution in [1.29, 1.82) is 0 Å². The maximum absolute atomic E-state index is 13.7. The number of halogens is 1. The number of hydrogen-bond donors (Lipinski definition) is 0. The number of carbonyl (C=O) groups excluding carboxylic acids is 1. The Kier molecular flexibility index (Phi) is 4.68. The molecule has 0 fully saturated rings. The van der Waals surface area contributed by atoms with Crippen LogP contribution in [0, 0.1) is 12.7 Å². The molecule has 1 aromatic carbocycles. The summed E-state index contributed by atoms with van der Waals surface area (Å²) in [6, 6.07) is 6.96. The molecule has 21 heavy (non-hydrogen) atoms. The summed E-state index contributed by atoms with van der Waals surface area (Å²) in [5.41, 5.74) is 2.85. The maximum Gasteiger partial charge on any atom is 0.161 e. The molecule has 0 N–H and O–H groups in total. The number of aryl methyl sites for hydroxylation is 1. The largest absolute Gasteiger partial charge is 0.367 e. The van der Waals surface area contributed by atoms with Gasteiger partial charge in [-0.15, -0.1) is 0 Å². The Morgan fingerprint density at radius 2 is 1.95 bits per heavy atom. The second kappa shape index (κ2) is 6.48. The van der Waals surface area contributed by atoms with Crippen LogP contribution in [0.3, 0.4) is 0 Å². The van der Waals surface area contributed by atoms with Crippen LogP contribution in [-0.2, 0) is 6.54 Å². The van der Waals surface area contributed by atoms with Crippen molar-refractivity contribution in [2.24, 2.45) is 0 Å². The lowest BCUT2D eigenvalue weighted by Crippen LogP contribution is -2.24. The van der Waals surface area contributed by atoms with Gasteiger partial charge in [0.1, 0.15) is 5.82 Å². The number of nitrogens with zero attached hydrogens (tertiary/aromatic N) is 2. The minimum absolute atomic E-state index is 0.128. The lowest BCUT2D eigenvalue weighted by molar-refractivity contribution is 0.101. The SMILES string of the molecule is CCN(Cc1ccncc1)c1cc(C)c(F)cc1C(C)=O. The van der Waals surface area contributed by atoms with Crippen LogP contribution in [0.2, 0.25) is 0 Å². The van der Waals surface area contributed by atoms with E-state index in [9.17, 15) is 9.18 Å². The molecule has 0 saturated carbocycles. The molecule has 0 atom stereocenters. The fourth-order valence-corrected chi connectivity index (χ4v) is 2.29. The number of carbonyl (C=O) groups is 1. The van der Waals surface area contributed by atoms with Gasteiger partial charge < -0.3 is 4.90 Å². The Morgan fingerprint density at radius 3 is 2.52 bits per heavy atom. The van der Waals surface area contributed by atoms with E-state index in [4.69, 9.17) is 0 Å². The summed E-state index contributed by atoms with van der Waals surface area (Å²) >= 11 is 0. The number of Topliss-reactive ketones (excluding diaryl/α,β-unsaturated/α-hetero) is 1. The van der Waals surface area contributed by atoms with Crippen molar-refractivity contribution in [3.63, 3.8) is 0 Å². The molecule has 0 unspecified atom stereocenters. The number of pyridine rings is 1. The van der Waals surface area contributed by atoms with Gasteiger partial charge in [0, 0.05) is 36.7 Å². The van der Waals surface area contributed by atoms with Gasteiger partial charge in [-0.1, -0.05) is 0 Å². The number of anilines is 1. The molecule has 1 heterocycles. The molecule has 2 aromatic rings. The van der Waals surface area contributed by atoms with Crippen LogP contribution >= 0.6 is 0 Å². The molecule has 4 heteroatoms. The number of ketones is 1. The number of benzene rings is 1. The Labute approximate surface area is 124 Å². The van der Waals surface area contributed by atoms with Crippen molar-refractivity contribution in [3.8, 4) is 0 Å². The standard InChI is InChI=1S/C17H19FN2O/c1-4-20(11-14-5-7-19-8-6-14)17-9-12(2)16(18)10-15(17)13(3)21/h5-10H,4,11H2,1-3H3. The van der Waals surface area contributed by atoms with Gasteiger partial charge >= 0.3 is 0 Å². The van der Waals surface area contributed by atoms with Gasteiger partial charge in [0.25, 0.3) is 0 Å². The zero-order valence-electron chi connectivity index (χ0n) is 12.6. The van der Waals surface area contributed by atoms with Crippen molar-refractivity contribution in [1.82, 2.24) is 4.98 Å². The first-order chi connectivity index (χ1) is 10.0. The topological polar surface area (TPSA) is 33.2 Å². The third kappa shape index (κ3) is 3.45. The van der Waals surface area contributed by atoms with Crippen LogP contribution in [0.1, 0.15) is 35.3 Å². The fraction of sp³-hybridized carbons (Fsp3) is 0.294. The number of aromatic nitrogens is 1.